The Hall–Kier alpha value is -2.08. The van der Waals surface area contributed by atoms with Gasteiger partial charge in [-0.15, -0.1) is 0 Å². The molecule has 0 spiro atoms. The van der Waals surface area contributed by atoms with Gasteiger partial charge in [-0.25, -0.2) is 4.79 Å². The predicted molar refractivity (Wildman–Crippen MR) is 84.8 cm³/mol. The van der Waals surface area contributed by atoms with E-state index in [4.69, 9.17) is 14.2 Å². The number of carbonyl (C=O) groups excluding carboxylic acids is 2. The largest absolute Gasteiger partial charge is 0.485 e. The van der Waals surface area contributed by atoms with Crippen molar-refractivity contribution in [3.8, 4) is 11.5 Å². The summed E-state index contributed by atoms with van der Waals surface area (Å²) < 4.78 is 16.2. The summed E-state index contributed by atoms with van der Waals surface area (Å²) in [6.07, 6.45) is 0.762. The standard InChI is InChI=1S/C17H23NO5/c1-11(18-9-12(2)19)7-13-5-6-14-15(8-13)22-10-17(3,23-14)16(20)21-4/h5-6,8,11,18H,7,9-10H2,1-4H3. The number of nitrogens with one attached hydrogen (secondary N) is 1. The van der Waals surface area contributed by atoms with Gasteiger partial charge in [-0.3, -0.25) is 4.79 Å². The molecule has 1 heterocycles. The van der Waals surface area contributed by atoms with Crippen LogP contribution in [0.3, 0.4) is 0 Å². The minimum atomic E-state index is -1.13. The molecule has 0 saturated carbocycles. The molecule has 0 aromatic heterocycles. The van der Waals surface area contributed by atoms with E-state index in [9.17, 15) is 9.59 Å². The van der Waals surface area contributed by atoms with Gasteiger partial charge in [-0.1, -0.05) is 6.07 Å². The van der Waals surface area contributed by atoms with Gasteiger partial charge in [-0.2, -0.15) is 0 Å². The van der Waals surface area contributed by atoms with E-state index >= 15 is 0 Å². The summed E-state index contributed by atoms with van der Waals surface area (Å²) in [5.74, 6) is 0.787. The molecule has 0 bridgehead atoms. The van der Waals surface area contributed by atoms with Crippen LogP contribution in [0.25, 0.3) is 0 Å². The number of benzene rings is 1. The quantitative estimate of drug-likeness (QED) is 0.801. The van der Waals surface area contributed by atoms with Crippen molar-refractivity contribution in [1.29, 1.82) is 0 Å². The molecule has 23 heavy (non-hydrogen) atoms. The molecule has 2 atom stereocenters. The maximum atomic E-state index is 11.8. The van der Waals surface area contributed by atoms with Gasteiger partial charge in [0, 0.05) is 6.04 Å². The van der Waals surface area contributed by atoms with Crippen LogP contribution in [0.15, 0.2) is 18.2 Å². The molecule has 1 aromatic rings. The topological polar surface area (TPSA) is 73.9 Å². The molecule has 2 rings (SSSR count). The van der Waals surface area contributed by atoms with E-state index in [-0.39, 0.29) is 18.4 Å². The summed E-state index contributed by atoms with van der Waals surface area (Å²) in [6.45, 7) is 5.69. The summed E-state index contributed by atoms with van der Waals surface area (Å²) >= 11 is 0. The summed E-state index contributed by atoms with van der Waals surface area (Å²) in [7, 11) is 1.32. The van der Waals surface area contributed by atoms with Crippen LogP contribution < -0.4 is 14.8 Å². The molecule has 2 unspecified atom stereocenters. The molecule has 1 aliphatic rings. The van der Waals surface area contributed by atoms with Crippen molar-refractivity contribution in [3.63, 3.8) is 0 Å². The van der Waals surface area contributed by atoms with Crippen molar-refractivity contribution in [2.24, 2.45) is 0 Å². The Morgan fingerprint density at radius 1 is 1.39 bits per heavy atom. The van der Waals surface area contributed by atoms with E-state index < -0.39 is 11.6 Å². The van der Waals surface area contributed by atoms with E-state index in [0.717, 1.165) is 12.0 Å². The van der Waals surface area contributed by atoms with Crippen molar-refractivity contribution in [2.45, 2.75) is 38.8 Å². The second kappa shape index (κ2) is 7.00. The van der Waals surface area contributed by atoms with Crippen molar-refractivity contribution in [3.05, 3.63) is 23.8 Å². The van der Waals surface area contributed by atoms with Gasteiger partial charge in [0.25, 0.3) is 0 Å². The first-order chi connectivity index (χ1) is 10.8. The highest BCUT2D eigenvalue weighted by Crippen LogP contribution is 2.36. The number of Topliss-reactive ketones (excluding diaryl/α,β-unsaturated/α-hetero) is 1. The molecular formula is C17H23NO5. The lowest BCUT2D eigenvalue weighted by Gasteiger charge is -2.33. The van der Waals surface area contributed by atoms with Crippen LogP contribution >= 0.6 is 0 Å². The molecule has 0 radical (unpaired) electrons. The third-order valence-corrected chi connectivity index (χ3v) is 3.70. The minimum absolute atomic E-state index is 0.105. The van der Waals surface area contributed by atoms with Crippen LogP contribution in [0.2, 0.25) is 0 Å². The van der Waals surface area contributed by atoms with E-state index in [0.29, 0.717) is 18.0 Å². The zero-order valence-electron chi connectivity index (χ0n) is 14.0. The van der Waals surface area contributed by atoms with Gasteiger partial charge >= 0.3 is 5.97 Å². The number of ketones is 1. The lowest BCUT2D eigenvalue weighted by Crippen LogP contribution is -2.49. The first-order valence-electron chi connectivity index (χ1n) is 7.60. The number of fused-ring (bicyclic) bond motifs is 1. The summed E-state index contributed by atoms with van der Waals surface area (Å²) in [5.41, 5.74) is -0.0582. The second-order valence-electron chi connectivity index (χ2n) is 6.08. The van der Waals surface area contributed by atoms with E-state index in [2.05, 4.69) is 5.32 Å². The summed E-state index contributed by atoms with van der Waals surface area (Å²) in [5, 5.41) is 3.16. The Bertz CT molecular complexity index is 601. The lowest BCUT2D eigenvalue weighted by atomic mass is 10.0. The Kier molecular flexibility index (Phi) is 5.26. The van der Waals surface area contributed by atoms with Gasteiger partial charge in [0.05, 0.1) is 13.7 Å². The van der Waals surface area contributed by atoms with Crippen molar-refractivity contribution < 1.29 is 23.8 Å². The molecule has 6 nitrogen and oxygen atoms in total. The first-order valence-corrected chi connectivity index (χ1v) is 7.60. The second-order valence-corrected chi connectivity index (χ2v) is 6.08. The zero-order valence-corrected chi connectivity index (χ0v) is 14.0. The third-order valence-electron chi connectivity index (χ3n) is 3.70. The highest BCUT2D eigenvalue weighted by molar-refractivity contribution is 5.80. The molecule has 0 aliphatic carbocycles. The predicted octanol–water partition coefficient (Wildman–Crippen LogP) is 1.50. The number of hydrogen-bond donors (Lipinski definition) is 1. The molecule has 0 saturated heterocycles. The Balaban J connectivity index is 2.04. The Morgan fingerprint density at radius 2 is 2.13 bits per heavy atom. The number of esters is 1. The average Bonchev–Trinajstić information content (AvgIpc) is 2.52. The monoisotopic (exact) mass is 321 g/mol. The maximum absolute atomic E-state index is 11.8. The Labute approximate surface area is 136 Å². The van der Waals surface area contributed by atoms with Gasteiger partial charge < -0.3 is 19.5 Å². The number of methoxy groups -OCH3 is 1. The maximum Gasteiger partial charge on any atom is 0.353 e. The summed E-state index contributed by atoms with van der Waals surface area (Å²) in [6, 6.07) is 5.79. The molecule has 126 valence electrons. The fraction of sp³-hybridized carbons (Fsp3) is 0.529. The Morgan fingerprint density at radius 3 is 2.78 bits per heavy atom. The van der Waals surface area contributed by atoms with E-state index in [1.54, 1.807) is 19.9 Å². The fourth-order valence-electron chi connectivity index (χ4n) is 2.42. The van der Waals surface area contributed by atoms with Crippen LogP contribution in [0.4, 0.5) is 0 Å². The van der Waals surface area contributed by atoms with Crippen molar-refractivity contribution in [1.82, 2.24) is 5.32 Å². The number of ether oxygens (including phenoxy) is 3. The molecule has 0 amide bonds. The fourth-order valence-corrected chi connectivity index (χ4v) is 2.42. The van der Waals surface area contributed by atoms with Gasteiger partial charge in [0.1, 0.15) is 12.4 Å². The van der Waals surface area contributed by atoms with Crippen LogP contribution in [-0.2, 0) is 20.7 Å². The number of hydrogen-bond acceptors (Lipinski definition) is 6. The minimum Gasteiger partial charge on any atom is -0.485 e. The van der Waals surface area contributed by atoms with E-state index in [1.807, 2.05) is 19.1 Å². The highest BCUT2D eigenvalue weighted by atomic mass is 16.6. The third kappa shape index (κ3) is 4.22. The van der Waals surface area contributed by atoms with Gasteiger partial charge in [-0.05, 0) is 44.9 Å². The van der Waals surface area contributed by atoms with E-state index in [1.165, 1.54) is 7.11 Å². The van der Waals surface area contributed by atoms with Crippen LogP contribution in [0.5, 0.6) is 11.5 Å². The number of rotatable bonds is 6. The SMILES string of the molecule is COC(=O)C1(C)COc2cc(CC(C)NCC(C)=O)ccc2O1. The molecule has 1 aliphatic heterocycles. The highest BCUT2D eigenvalue weighted by Gasteiger charge is 2.41. The number of carbonyl (C=O) groups is 2. The van der Waals surface area contributed by atoms with Crippen LogP contribution in [-0.4, -0.2) is 43.7 Å². The smallest absolute Gasteiger partial charge is 0.353 e. The molecule has 0 fully saturated rings. The zero-order chi connectivity index (χ0) is 17.0. The van der Waals surface area contributed by atoms with Crippen LogP contribution in [0.1, 0.15) is 26.3 Å². The normalized spacial score (nSPS) is 20.7. The van der Waals surface area contributed by atoms with Gasteiger partial charge in [0.15, 0.2) is 11.5 Å². The molecule has 1 N–H and O–H groups in total. The van der Waals surface area contributed by atoms with Crippen LogP contribution in [0, 0.1) is 0 Å². The van der Waals surface area contributed by atoms with Crippen molar-refractivity contribution in [2.75, 3.05) is 20.3 Å². The molecular weight excluding hydrogens is 298 g/mol. The lowest BCUT2D eigenvalue weighted by molar-refractivity contribution is -0.162. The van der Waals surface area contributed by atoms with Crippen molar-refractivity contribution >= 4 is 11.8 Å². The first kappa shape index (κ1) is 17.3. The molecule has 1 aromatic carbocycles. The average molecular weight is 321 g/mol. The van der Waals surface area contributed by atoms with Gasteiger partial charge in [0.2, 0.25) is 5.60 Å². The molecule has 6 heteroatoms. The summed E-state index contributed by atoms with van der Waals surface area (Å²) in [4.78, 5) is 22.8.